The highest BCUT2D eigenvalue weighted by Gasteiger charge is 2.50. The Balaban J connectivity index is 1.40. The van der Waals surface area contributed by atoms with Crippen molar-refractivity contribution in [2.45, 2.75) is 12.5 Å². The van der Waals surface area contributed by atoms with Gasteiger partial charge < -0.3 is 15.4 Å². The summed E-state index contributed by atoms with van der Waals surface area (Å²) < 4.78 is 5.72. The van der Waals surface area contributed by atoms with Crippen molar-refractivity contribution in [2.24, 2.45) is 0 Å². The second kappa shape index (κ2) is 8.72. The van der Waals surface area contributed by atoms with E-state index in [4.69, 9.17) is 16.3 Å². The molecule has 1 aliphatic heterocycles. The van der Waals surface area contributed by atoms with Gasteiger partial charge in [0.05, 0.1) is 0 Å². The minimum atomic E-state index is -1.34. The van der Waals surface area contributed by atoms with E-state index < -0.39 is 29.9 Å². The monoisotopic (exact) mass is 449 g/mol. The van der Waals surface area contributed by atoms with Crippen LogP contribution in [-0.4, -0.2) is 29.3 Å². The van der Waals surface area contributed by atoms with Crippen LogP contribution in [0.3, 0.4) is 0 Å². The number of para-hydroxylation sites is 1. The van der Waals surface area contributed by atoms with E-state index in [0.29, 0.717) is 27.8 Å². The second-order valence-electron chi connectivity index (χ2n) is 7.41. The lowest BCUT2D eigenvalue weighted by Gasteiger charge is -2.23. The van der Waals surface area contributed by atoms with Crippen LogP contribution in [0, 0.1) is 0 Å². The largest absolute Gasteiger partial charge is 0.457 e. The summed E-state index contributed by atoms with van der Waals surface area (Å²) in [5.74, 6) is 0.259. The van der Waals surface area contributed by atoms with Crippen LogP contribution in [0.25, 0.3) is 0 Å². The molecule has 1 heterocycles. The van der Waals surface area contributed by atoms with Gasteiger partial charge in [0, 0.05) is 16.3 Å². The maximum Gasteiger partial charge on any atom is 0.325 e. The van der Waals surface area contributed by atoms with Gasteiger partial charge in [0.15, 0.2) is 0 Å². The normalized spacial score (nSPS) is 17.8. The molecule has 4 amide bonds. The number of anilines is 1. The summed E-state index contributed by atoms with van der Waals surface area (Å²) in [7, 11) is 0. The van der Waals surface area contributed by atoms with Crippen LogP contribution in [-0.2, 0) is 15.1 Å². The standard InChI is InChI=1S/C24H20ClN3O4/c1-24(19-9-5-6-10-20(19)25)22(30)28(23(31)27-24)15-21(29)26-16-11-13-18(14-12-16)32-17-7-3-2-4-8-17/h2-14H,15H2,1H3,(H,26,29)(H,27,31)/t24-/m1/s1. The summed E-state index contributed by atoms with van der Waals surface area (Å²) in [4.78, 5) is 38.8. The molecule has 0 spiro atoms. The number of imide groups is 1. The molecule has 7 nitrogen and oxygen atoms in total. The molecule has 0 radical (unpaired) electrons. The van der Waals surface area contributed by atoms with Crippen LogP contribution >= 0.6 is 11.6 Å². The highest BCUT2D eigenvalue weighted by molar-refractivity contribution is 6.32. The Hall–Kier alpha value is -3.84. The van der Waals surface area contributed by atoms with Crippen molar-refractivity contribution in [2.75, 3.05) is 11.9 Å². The Morgan fingerprint density at radius 1 is 0.969 bits per heavy atom. The van der Waals surface area contributed by atoms with Gasteiger partial charge in [0.2, 0.25) is 5.91 Å². The van der Waals surface area contributed by atoms with Gasteiger partial charge in [-0.1, -0.05) is 48.0 Å². The predicted molar refractivity (Wildman–Crippen MR) is 121 cm³/mol. The summed E-state index contributed by atoms with van der Waals surface area (Å²) in [6.07, 6.45) is 0. The van der Waals surface area contributed by atoms with Crippen molar-refractivity contribution in [3.05, 3.63) is 89.4 Å². The fourth-order valence-corrected chi connectivity index (χ4v) is 3.79. The Morgan fingerprint density at radius 2 is 1.59 bits per heavy atom. The maximum absolute atomic E-state index is 13.0. The molecule has 32 heavy (non-hydrogen) atoms. The number of nitrogens with one attached hydrogen (secondary N) is 2. The Bertz CT molecular complexity index is 1170. The zero-order valence-electron chi connectivity index (χ0n) is 17.2. The van der Waals surface area contributed by atoms with Crippen LogP contribution in [0.15, 0.2) is 78.9 Å². The van der Waals surface area contributed by atoms with Crippen molar-refractivity contribution in [1.82, 2.24) is 10.2 Å². The average molecular weight is 450 g/mol. The number of hydrogen-bond donors (Lipinski definition) is 2. The third-order valence-corrected chi connectivity index (χ3v) is 5.44. The van der Waals surface area contributed by atoms with Crippen molar-refractivity contribution in [3.63, 3.8) is 0 Å². The molecule has 1 fully saturated rings. The first kappa shape index (κ1) is 21.4. The number of amides is 4. The van der Waals surface area contributed by atoms with Gasteiger partial charge in [-0.2, -0.15) is 0 Å². The van der Waals surface area contributed by atoms with E-state index in [-0.39, 0.29) is 0 Å². The molecule has 2 N–H and O–H groups in total. The molecular formula is C24H20ClN3O4. The number of carbonyl (C=O) groups is 3. The van der Waals surface area contributed by atoms with E-state index >= 15 is 0 Å². The van der Waals surface area contributed by atoms with Crippen molar-refractivity contribution in [3.8, 4) is 11.5 Å². The van der Waals surface area contributed by atoms with Gasteiger partial charge in [0.1, 0.15) is 23.6 Å². The van der Waals surface area contributed by atoms with Gasteiger partial charge in [0.25, 0.3) is 5.91 Å². The summed E-state index contributed by atoms with van der Waals surface area (Å²) in [6, 6.07) is 22.2. The first-order valence-electron chi connectivity index (χ1n) is 9.89. The first-order chi connectivity index (χ1) is 15.4. The van der Waals surface area contributed by atoms with Gasteiger partial charge >= 0.3 is 6.03 Å². The van der Waals surface area contributed by atoms with Crippen LogP contribution in [0.1, 0.15) is 12.5 Å². The minimum Gasteiger partial charge on any atom is -0.457 e. The molecule has 3 aromatic rings. The molecule has 1 aliphatic rings. The third-order valence-electron chi connectivity index (χ3n) is 5.11. The number of halogens is 1. The molecule has 4 rings (SSSR count). The molecule has 0 aliphatic carbocycles. The Labute approximate surface area is 189 Å². The van der Waals surface area contributed by atoms with Crippen molar-refractivity contribution < 1.29 is 19.1 Å². The average Bonchev–Trinajstić information content (AvgIpc) is 3.00. The van der Waals surface area contributed by atoms with E-state index in [1.807, 2.05) is 30.3 Å². The maximum atomic E-state index is 13.0. The van der Waals surface area contributed by atoms with E-state index in [9.17, 15) is 14.4 Å². The quantitative estimate of drug-likeness (QED) is 0.541. The number of ether oxygens (including phenoxy) is 1. The van der Waals surface area contributed by atoms with Crippen molar-refractivity contribution in [1.29, 1.82) is 0 Å². The Kier molecular flexibility index (Phi) is 5.83. The summed E-state index contributed by atoms with van der Waals surface area (Å²) in [6.45, 7) is 1.14. The van der Waals surface area contributed by atoms with Crippen molar-refractivity contribution >= 4 is 35.1 Å². The van der Waals surface area contributed by atoms with E-state index in [1.54, 1.807) is 55.5 Å². The molecule has 0 saturated carbocycles. The van der Waals surface area contributed by atoms with Gasteiger partial charge in [-0.3, -0.25) is 14.5 Å². The molecule has 0 unspecified atom stereocenters. The first-order valence-corrected chi connectivity index (χ1v) is 10.3. The summed E-state index contributed by atoms with van der Waals surface area (Å²) in [5, 5.41) is 5.68. The molecule has 3 aromatic carbocycles. The van der Waals surface area contributed by atoms with Gasteiger partial charge in [-0.15, -0.1) is 0 Å². The predicted octanol–water partition coefficient (Wildman–Crippen LogP) is 4.54. The zero-order valence-corrected chi connectivity index (χ0v) is 17.9. The lowest BCUT2D eigenvalue weighted by atomic mass is 9.92. The number of urea groups is 1. The van der Waals surface area contributed by atoms with Crippen LogP contribution < -0.4 is 15.4 Å². The number of carbonyl (C=O) groups excluding carboxylic acids is 3. The lowest BCUT2D eigenvalue weighted by molar-refractivity contribution is -0.133. The lowest BCUT2D eigenvalue weighted by Crippen LogP contribution is -2.42. The third kappa shape index (κ3) is 4.29. The molecular weight excluding hydrogens is 430 g/mol. The molecule has 0 aromatic heterocycles. The van der Waals surface area contributed by atoms with Crippen LogP contribution in [0.4, 0.5) is 10.5 Å². The second-order valence-corrected chi connectivity index (χ2v) is 7.82. The smallest absolute Gasteiger partial charge is 0.325 e. The highest BCUT2D eigenvalue weighted by Crippen LogP contribution is 2.33. The fraction of sp³-hybridized carbons (Fsp3) is 0.125. The highest BCUT2D eigenvalue weighted by atomic mass is 35.5. The van der Waals surface area contributed by atoms with E-state index in [0.717, 1.165) is 4.90 Å². The Morgan fingerprint density at radius 3 is 2.28 bits per heavy atom. The molecule has 1 atom stereocenters. The number of hydrogen-bond acceptors (Lipinski definition) is 4. The van der Waals surface area contributed by atoms with Crippen LogP contribution in [0.5, 0.6) is 11.5 Å². The molecule has 1 saturated heterocycles. The molecule has 0 bridgehead atoms. The fourth-order valence-electron chi connectivity index (χ4n) is 3.46. The summed E-state index contributed by atoms with van der Waals surface area (Å²) in [5.41, 5.74) is -0.361. The van der Waals surface area contributed by atoms with Crippen LogP contribution in [0.2, 0.25) is 5.02 Å². The SMILES string of the molecule is C[C@]1(c2ccccc2Cl)NC(=O)N(CC(=O)Nc2ccc(Oc3ccccc3)cc2)C1=O. The minimum absolute atomic E-state index is 0.354. The number of benzene rings is 3. The molecule has 8 heteroatoms. The van der Waals surface area contributed by atoms with E-state index in [2.05, 4.69) is 10.6 Å². The number of nitrogens with zero attached hydrogens (tertiary/aromatic N) is 1. The number of rotatable bonds is 6. The van der Waals surface area contributed by atoms with Gasteiger partial charge in [-0.25, -0.2) is 4.79 Å². The summed E-state index contributed by atoms with van der Waals surface area (Å²) >= 11 is 6.22. The topological polar surface area (TPSA) is 87.7 Å². The zero-order chi connectivity index (χ0) is 22.7. The van der Waals surface area contributed by atoms with Gasteiger partial charge in [-0.05, 0) is 49.4 Å². The molecule has 162 valence electrons. The van der Waals surface area contributed by atoms with E-state index in [1.165, 1.54) is 0 Å².